The minimum atomic E-state index is -4.82. The summed E-state index contributed by atoms with van der Waals surface area (Å²) in [5.41, 5.74) is 1.06. The van der Waals surface area contributed by atoms with Gasteiger partial charge in [-0.05, 0) is 46.8 Å². The van der Waals surface area contributed by atoms with Gasteiger partial charge in [-0.15, -0.1) is 18.3 Å². The Morgan fingerprint density at radius 2 is 1.92 bits per heavy atom. The summed E-state index contributed by atoms with van der Waals surface area (Å²) in [6.07, 6.45) is -3.44. The predicted octanol–water partition coefficient (Wildman–Crippen LogP) is 2.81. The maximum atomic E-state index is 12.3. The van der Waals surface area contributed by atoms with Crippen LogP contribution in [-0.4, -0.2) is 32.5 Å². The second-order valence-electron chi connectivity index (χ2n) is 4.83. The molecule has 7 nitrogen and oxygen atoms in total. The first-order valence-corrected chi connectivity index (χ1v) is 6.91. The fourth-order valence-electron chi connectivity index (χ4n) is 2.04. The molecule has 0 aliphatic heterocycles. The highest BCUT2D eigenvalue weighted by molar-refractivity contribution is 6.04. The summed E-state index contributed by atoms with van der Waals surface area (Å²) in [7, 11) is 0. The number of hydrogen-bond donors (Lipinski definition) is 1. The summed E-state index contributed by atoms with van der Waals surface area (Å²) in [6, 6.07) is 11.4. The largest absolute Gasteiger partial charge is 0.573 e. The smallest absolute Gasteiger partial charge is 0.406 e. The van der Waals surface area contributed by atoms with E-state index in [0.717, 1.165) is 12.1 Å². The number of nitrogens with one attached hydrogen (secondary N) is 1. The summed E-state index contributed by atoms with van der Waals surface area (Å²) in [5.74, 6) is -1.05. The Hall–Kier alpha value is -3.43. The number of tetrazole rings is 1. The average Bonchev–Trinajstić information content (AvgIpc) is 3.08. The van der Waals surface area contributed by atoms with E-state index in [4.69, 9.17) is 0 Å². The maximum Gasteiger partial charge on any atom is 0.573 e. The number of rotatable bonds is 4. The van der Waals surface area contributed by atoms with Crippen molar-refractivity contribution in [1.29, 1.82) is 0 Å². The van der Waals surface area contributed by atoms with E-state index in [1.54, 1.807) is 24.3 Å². The van der Waals surface area contributed by atoms with E-state index in [-0.39, 0.29) is 5.56 Å². The van der Waals surface area contributed by atoms with Gasteiger partial charge in [0.2, 0.25) is 0 Å². The Morgan fingerprint density at radius 3 is 2.64 bits per heavy atom. The van der Waals surface area contributed by atoms with Gasteiger partial charge in [0.15, 0.2) is 0 Å². The van der Waals surface area contributed by atoms with Crippen LogP contribution in [0.25, 0.3) is 5.69 Å². The summed E-state index contributed by atoms with van der Waals surface area (Å²) < 4.78 is 42.0. The van der Waals surface area contributed by atoms with Gasteiger partial charge in [-0.25, -0.2) is 4.68 Å². The van der Waals surface area contributed by atoms with Gasteiger partial charge >= 0.3 is 6.36 Å². The molecule has 0 aliphatic rings. The second kappa shape index (κ2) is 6.59. The van der Waals surface area contributed by atoms with Crippen LogP contribution in [-0.2, 0) is 0 Å². The molecule has 128 valence electrons. The zero-order valence-corrected chi connectivity index (χ0v) is 12.4. The van der Waals surface area contributed by atoms with Crippen molar-refractivity contribution in [2.75, 3.05) is 5.32 Å². The third kappa shape index (κ3) is 4.31. The molecule has 3 aromatic rings. The number of halogens is 3. The lowest BCUT2D eigenvalue weighted by molar-refractivity contribution is -0.274. The van der Waals surface area contributed by atoms with E-state index >= 15 is 0 Å². The number of amides is 1. The number of nitrogens with zero attached hydrogens (tertiary/aromatic N) is 4. The van der Waals surface area contributed by atoms with Crippen LogP contribution in [0.2, 0.25) is 0 Å². The summed E-state index contributed by atoms with van der Waals surface area (Å²) in [5, 5.41) is 13.4. The number of hydrogen-bond acceptors (Lipinski definition) is 5. The minimum Gasteiger partial charge on any atom is -0.406 e. The molecule has 1 aromatic heterocycles. The molecule has 0 unspecified atom stereocenters. The number of anilines is 1. The van der Waals surface area contributed by atoms with Gasteiger partial charge in [-0.3, -0.25) is 4.79 Å². The Bertz CT molecular complexity index is 881. The first-order chi connectivity index (χ1) is 11.9. The zero-order chi connectivity index (χ0) is 17.9. The van der Waals surface area contributed by atoms with Crippen molar-refractivity contribution >= 4 is 11.6 Å². The monoisotopic (exact) mass is 349 g/mol. The van der Waals surface area contributed by atoms with Crippen molar-refractivity contribution in [1.82, 2.24) is 20.2 Å². The van der Waals surface area contributed by atoms with Crippen LogP contribution >= 0.6 is 0 Å². The number of carbonyl (C=O) groups excluding carboxylic acids is 1. The van der Waals surface area contributed by atoms with E-state index in [2.05, 4.69) is 25.6 Å². The zero-order valence-electron chi connectivity index (χ0n) is 12.4. The molecule has 3 rings (SSSR count). The number of aromatic nitrogens is 4. The summed E-state index contributed by atoms with van der Waals surface area (Å²) in [4.78, 5) is 12.2. The number of benzene rings is 2. The minimum absolute atomic E-state index is 0.0228. The standard InChI is InChI=1S/C15H10F3N5O2/c16-15(17,18)25-13-6-1-3-10(7-13)14(24)20-11-4-2-5-12(8-11)23-9-19-21-22-23/h1-9H,(H,20,24). The average molecular weight is 349 g/mol. The highest BCUT2D eigenvalue weighted by Gasteiger charge is 2.31. The topological polar surface area (TPSA) is 81.9 Å². The van der Waals surface area contributed by atoms with Crippen LogP contribution in [0.4, 0.5) is 18.9 Å². The van der Waals surface area contributed by atoms with Crippen LogP contribution in [0, 0.1) is 0 Å². The van der Waals surface area contributed by atoms with Crippen LogP contribution in [0.3, 0.4) is 0 Å². The molecule has 0 saturated heterocycles. The molecule has 1 N–H and O–H groups in total. The third-order valence-corrected chi connectivity index (χ3v) is 3.05. The third-order valence-electron chi connectivity index (χ3n) is 3.05. The number of carbonyl (C=O) groups is 1. The lowest BCUT2D eigenvalue weighted by atomic mass is 10.2. The molecule has 10 heteroatoms. The highest BCUT2D eigenvalue weighted by atomic mass is 19.4. The molecule has 0 spiro atoms. The van der Waals surface area contributed by atoms with Crippen molar-refractivity contribution < 1.29 is 22.7 Å². The molecule has 0 bridgehead atoms. The molecule has 0 atom stereocenters. The maximum absolute atomic E-state index is 12.3. The fourth-order valence-corrected chi connectivity index (χ4v) is 2.04. The Balaban J connectivity index is 1.77. The molecule has 25 heavy (non-hydrogen) atoms. The lowest BCUT2D eigenvalue weighted by Gasteiger charge is -2.10. The van der Waals surface area contributed by atoms with Crippen LogP contribution < -0.4 is 10.1 Å². The van der Waals surface area contributed by atoms with Crippen molar-refractivity contribution in [3.63, 3.8) is 0 Å². The first-order valence-electron chi connectivity index (χ1n) is 6.91. The van der Waals surface area contributed by atoms with Crippen molar-refractivity contribution in [3.05, 3.63) is 60.4 Å². The lowest BCUT2D eigenvalue weighted by Crippen LogP contribution is -2.18. The van der Waals surface area contributed by atoms with E-state index < -0.39 is 18.0 Å². The Kier molecular flexibility index (Phi) is 4.33. The van der Waals surface area contributed by atoms with Gasteiger partial charge < -0.3 is 10.1 Å². The molecule has 0 fully saturated rings. The van der Waals surface area contributed by atoms with E-state index in [9.17, 15) is 18.0 Å². The molecule has 0 aliphatic carbocycles. The second-order valence-corrected chi connectivity index (χ2v) is 4.83. The van der Waals surface area contributed by atoms with Crippen molar-refractivity contribution in [2.45, 2.75) is 6.36 Å². The van der Waals surface area contributed by atoms with E-state index in [1.807, 2.05) is 0 Å². The fraction of sp³-hybridized carbons (Fsp3) is 0.0667. The van der Waals surface area contributed by atoms with E-state index in [1.165, 1.54) is 23.1 Å². The Labute approximate surface area is 139 Å². The highest BCUT2D eigenvalue weighted by Crippen LogP contribution is 2.24. The van der Waals surface area contributed by atoms with Crippen LogP contribution in [0.1, 0.15) is 10.4 Å². The molecule has 2 aromatic carbocycles. The van der Waals surface area contributed by atoms with Crippen LogP contribution in [0.5, 0.6) is 5.75 Å². The number of alkyl halides is 3. The van der Waals surface area contributed by atoms with Crippen molar-refractivity contribution in [3.8, 4) is 11.4 Å². The molecule has 1 amide bonds. The molecular weight excluding hydrogens is 339 g/mol. The number of ether oxygens (including phenoxy) is 1. The SMILES string of the molecule is O=C(Nc1cccc(-n2cnnn2)c1)c1cccc(OC(F)(F)F)c1. The quantitative estimate of drug-likeness (QED) is 0.783. The van der Waals surface area contributed by atoms with Gasteiger partial charge in [-0.1, -0.05) is 12.1 Å². The molecule has 1 heterocycles. The molecule has 0 saturated carbocycles. The van der Waals surface area contributed by atoms with E-state index in [0.29, 0.717) is 11.4 Å². The van der Waals surface area contributed by atoms with Gasteiger partial charge in [0.1, 0.15) is 12.1 Å². The van der Waals surface area contributed by atoms with Gasteiger partial charge in [0, 0.05) is 11.3 Å². The van der Waals surface area contributed by atoms with Gasteiger partial charge in [0.05, 0.1) is 5.69 Å². The predicted molar refractivity (Wildman–Crippen MR) is 80.2 cm³/mol. The summed E-state index contributed by atoms with van der Waals surface area (Å²) >= 11 is 0. The van der Waals surface area contributed by atoms with Crippen molar-refractivity contribution in [2.24, 2.45) is 0 Å². The van der Waals surface area contributed by atoms with Gasteiger partial charge in [0.25, 0.3) is 5.91 Å². The van der Waals surface area contributed by atoms with Gasteiger partial charge in [-0.2, -0.15) is 0 Å². The first kappa shape index (κ1) is 16.4. The Morgan fingerprint density at radius 1 is 1.12 bits per heavy atom. The molecule has 0 radical (unpaired) electrons. The van der Waals surface area contributed by atoms with Crippen LogP contribution in [0.15, 0.2) is 54.9 Å². The normalized spacial score (nSPS) is 11.2. The summed E-state index contributed by atoms with van der Waals surface area (Å²) in [6.45, 7) is 0. The molecular formula is C15H10F3N5O2.